The number of nitrogens with zero attached hydrogens (tertiary/aromatic N) is 1. The fraction of sp³-hybridized carbons (Fsp3) is 0.105. The molecule has 0 saturated carbocycles. The standard InChI is InChI=1S/C19H11BrF3NO4S2/c20-12-4-5-14(28-9-16(25)26)10(6-12)7-15-17(27)24(18(29)30-15)13-3-1-2-11(8-13)19(21,22)23/h1-8H,9H2,(H,25,26). The van der Waals surface area contributed by atoms with Crippen molar-refractivity contribution in [3.05, 3.63) is 63.0 Å². The van der Waals surface area contributed by atoms with Gasteiger partial charge in [0.25, 0.3) is 5.91 Å². The van der Waals surface area contributed by atoms with E-state index in [1.54, 1.807) is 12.1 Å². The quantitative estimate of drug-likeness (QED) is 0.426. The molecule has 0 unspecified atom stereocenters. The molecule has 11 heteroatoms. The number of amides is 1. The van der Waals surface area contributed by atoms with Gasteiger partial charge in [0, 0.05) is 10.0 Å². The van der Waals surface area contributed by atoms with Crippen molar-refractivity contribution in [2.75, 3.05) is 11.5 Å². The highest BCUT2D eigenvalue weighted by Crippen LogP contribution is 2.39. The number of carbonyl (C=O) groups is 2. The second-order valence-corrected chi connectivity index (χ2v) is 8.52. The minimum absolute atomic E-state index is 0.00678. The molecular weight excluding hydrogens is 507 g/mol. The van der Waals surface area contributed by atoms with E-state index in [9.17, 15) is 22.8 Å². The van der Waals surface area contributed by atoms with Crippen LogP contribution in [-0.4, -0.2) is 27.9 Å². The maximum atomic E-state index is 13.0. The zero-order chi connectivity index (χ0) is 22.1. The molecule has 0 atom stereocenters. The predicted octanol–water partition coefficient (Wildman–Crippen LogP) is 5.34. The van der Waals surface area contributed by atoms with Crippen LogP contribution in [0.2, 0.25) is 0 Å². The summed E-state index contributed by atoms with van der Waals surface area (Å²) in [6, 6.07) is 9.12. The Morgan fingerprint density at radius 2 is 2.00 bits per heavy atom. The first kappa shape index (κ1) is 22.3. The minimum atomic E-state index is -4.56. The second kappa shape index (κ2) is 8.78. The van der Waals surface area contributed by atoms with E-state index in [2.05, 4.69) is 15.9 Å². The molecule has 0 bridgehead atoms. The summed E-state index contributed by atoms with van der Waals surface area (Å²) in [5, 5.41) is 8.81. The molecule has 2 aromatic carbocycles. The van der Waals surface area contributed by atoms with Gasteiger partial charge in [-0.25, -0.2) is 4.79 Å². The number of thioether (sulfide) groups is 1. The Labute approximate surface area is 186 Å². The van der Waals surface area contributed by atoms with Gasteiger partial charge >= 0.3 is 12.1 Å². The van der Waals surface area contributed by atoms with Crippen LogP contribution in [0.25, 0.3) is 6.08 Å². The molecule has 1 saturated heterocycles. The molecule has 0 aromatic heterocycles. The van der Waals surface area contributed by atoms with Crippen LogP contribution in [0, 0.1) is 0 Å². The number of rotatable bonds is 5. The summed E-state index contributed by atoms with van der Waals surface area (Å²) in [6.07, 6.45) is -3.10. The number of halogens is 4. The molecule has 5 nitrogen and oxygen atoms in total. The topological polar surface area (TPSA) is 66.8 Å². The lowest BCUT2D eigenvalue weighted by Crippen LogP contribution is -2.27. The van der Waals surface area contributed by atoms with Crippen molar-refractivity contribution in [2.24, 2.45) is 0 Å². The zero-order valence-corrected chi connectivity index (χ0v) is 18.0. The molecule has 30 heavy (non-hydrogen) atoms. The number of carboxylic acids is 1. The summed E-state index contributed by atoms with van der Waals surface area (Å²) in [5.74, 6) is -1.53. The van der Waals surface area contributed by atoms with Crippen molar-refractivity contribution < 1.29 is 32.6 Å². The van der Waals surface area contributed by atoms with Gasteiger partial charge in [0.1, 0.15) is 5.75 Å². The van der Waals surface area contributed by atoms with E-state index < -0.39 is 30.2 Å². The number of thiocarbonyl (C=S) groups is 1. The Kier molecular flexibility index (Phi) is 6.53. The number of alkyl halides is 3. The number of anilines is 1. The molecule has 1 heterocycles. The van der Waals surface area contributed by atoms with Gasteiger partial charge in [0.2, 0.25) is 0 Å². The van der Waals surface area contributed by atoms with Gasteiger partial charge in [-0.15, -0.1) is 0 Å². The Bertz CT molecular complexity index is 1070. The smallest absolute Gasteiger partial charge is 0.416 e. The lowest BCUT2D eigenvalue weighted by atomic mass is 10.1. The van der Waals surface area contributed by atoms with Crippen LogP contribution >= 0.6 is 39.9 Å². The average Bonchev–Trinajstić information content (AvgIpc) is 2.93. The summed E-state index contributed by atoms with van der Waals surface area (Å²) in [6.45, 7) is -0.576. The Hall–Kier alpha value is -2.37. The van der Waals surface area contributed by atoms with Crippen molar-refractivity contribution in [1.29, 1.82) is 0 Å². The monoisotopic (exact) mass is 517 g/mol. The summed E-state index contributed by atoms with van der Waals surface area (Å²) >= 11 is 9.42. The van der Waals surface area contributed by atoms with E-state index in [0.29, 0.717) is 10.0 Å². The third kappa shape index (κ3) is 5.02. The van der Waals surface area contributed by atoms with Crippen molar-refractivity contribution in [1.82, 2.24) is 0 Å². The van der Waals surface area contributed by atoms with Crippen LogP contribution in [0.4, 0.5) is 18.9 Å². The van der Waals surface area contributed by atoms with Gasteiger partial charge in [0.05, 0.1) is 16.2 Å². The van der Waals surface area contributed by atoms with Crippen molar-refractivity contribution in [2.45, 2.75) is 6.18 Å². The molecule has 156 valence electrons. The molecule has 1 amide bonds. The van der Waals surface area contributed by atoms with Gasteiger partial charge in [-0.2, -0.15) is 13.2 Å². The lowest BCUT2D eigenvalue weighted by Gasteiger charge is -2.16. The highest BCUT2D eigenvalue weighted by molar-refractivity contribution is 9.10. The molecule has 1 aliphatic heterocycles. The predicted molar refractivity (Wildman–Crippen MR) is 114 cm³/mol. The molecule has 2 aromatic rings. The fourth-order valence-corrected chi connectivity index (χ4v) is 4.22. The highest BCUT2D eigenvalue weighted by atomic mass is 79.9. The normalized spacial score (nSPS) is 15.7. The van der Waals surface area contributed by atoms with Crippen molar-refractivity contribution in [3.63, 3.8) is 0 Å². The zero-order valence-electron chi connectivity index (χ0n) is 14.8. The van der Waals surface area contributed by atoms with Crippen LogP contribution in [-0.2, 0) is 15.8 Å². The number of aliphatic carboxylic acids is 1. The lowest BCUT2D eigenvalue weighted by molar-refractivity contribution is -0.139. The Morgan fingerprint density at radius 1 is 1.27 bits per heavy atom. The molecule has 0 aliphatic carbocycles. The fourth-order valence-electron chi connectivity index (χ4n) is 2.56. The van der Waals surface area contributed by atoms with E-state index in [0.717, 1.165) is 28.8 Å². The maximum Gasteiger partial charge on any atom is 0.416 e. The van der Waals surface area contributed by atoms with E-state index in [1.165, 1.54) is 24.3 Å². The van der Waals surface area contributed by atoms with Crippen LogP contribution in [0.5, 0.6) is 5.75 Å². The SMILES string of the molecule is O=C(O)COc1ccc(Br)cc1C=C1SC(=S)N(c2cccc(C(F)(F)F)c2)C1=O. The maximum absolute atomic E-state index is 13.0. The van der Waals surface area contributed by atoms with Gasteiger partial charge in [-0.1, -0.05) is 46.0 Å². The summed E-state index contributed by atoms with van der Waals surface area (Å²) in [4.78, 5) is 24.8. The summed E-state index contributed by atoms with van der Waals surface area (Å²) < 4.78 is 45.0. The second-order valence-electron chi connectivity index (χ2n) is 5.93. The molecular formula is C19H11BrF3NO4S2. The molecule has 1 aliphatic rings. The van der Waals surface area contributed by atoms with Crippen LogP contribution in [0.3, 0.4) is 0 Å². The number of hydrogen-bond donors (Lipinski definition) is 1. The van der Waals surface area contributed by atoms with E-state index in [-0.39, 0.29) is 20.7 Å². The Balaban J connectivity index is 1.95. The number of ether oxygens (including phenoxy) is 1. The molecule has 3 rings (SSSR count). The largest absolute Gasteiger partial charge is 0.481 e. The third-order valence-electron chi connectivity index (χ3n) is 3.83. The number of benzene rings is 2. The number of carboxylic acid groups (broad SMARTS) is 1. The summed E-state index contributed by atoms with van der Waals surface area (Å²) in [7, 11) is 0. The molecule has 1 fully saturated rings. The van der Waals surface area contributed by atoms with Crippen LogP contribution < -0.4 is 9.64 Å². The summed E-state index contributed by atoms with van der Waals surface area (Å²) in [5.41, 5.74) is -0.475. The van der Waals surface area contributed by atoms with Crippen LogP contribution in [0.1, 0.15) is 11.1 Å². The van der Waals surface area contributed by atoms with Crippen molar-refractivity contribution in [3.8, 4) is 5.75 Å². The first-order valence-electron chi connectivity index (χ1n) is 8.15. The van der Waals surface area contributed by atoms with E-state index in [4.69, 9.17) is 22.1 Å². The number of carbonyl (C=O) groups excluding carboxylic acids is 1. The van der Waals surface area contributed by atoms with Crippen LogP contribution in [0.15, 0.2) is 51.8 Å². The highest BCUT2D eigenvalue weighted by Gasteiger charge is 2.36. The van der Waals surface area contributed by atoms with Gasteiger partial charge in [-0.05, 0) is 42.5 Å². The minimum Gasteiger partial charge on any atom is -0.481 e. The van der Waals surface area contributed by atoms with Gasteiger partial charge in [-0.3, -0.25) is 9.69 Å². The first-order valence-corrected chi connectivity index (χ1v) is 10.2. The number of hydrogen-bond acceptors (Lipinski definition) is 5. The third-order valence-corrected chi connectivity index (χ3v) is 5.63. The van der Waals surface area contributed by atoms with E-state index >= 15 is 0 Å². The van der Waals surface area contributed by atoms with Gasteiger partial charge < -0.3 is 9.84 Å². The molecule has 1 N–H and O–H groups in total. The Morgan fingerprint density at radius 3 is 2.67 bits per heavy atom. The average molecular weight is 518 g/mol. The molecule has 0 spiro atoms. The first-order chi connectivity index (χ1) is 14.1. The van der Waals surface area contributed by atoms with Gasteiger partial charge in [0.15, 0.2) is 10.9 Å². The van der Waals surface area contributed by atoms with E-state index in [1.807, 2.05) is 0 Å². The molecule has 0 radical (unpaired) electrons. The van der Waals surface area contributed by atoms with Crippen molar-refractivity contribution >= 4 is 67.9 Å².